The number of carbonyl (C=O) groups excluding carboxylic acids is 1. The molecule has 0 spiro atoms. The Labute approximate surface area is 140 Å². The van der Waals surface area contributed by atoms with E-state index in [1.54, 1.807) is 12.1 Å². The highest BCUT2D eigenvalue weighted by Crippen LogP contribution is 2.68. The zero-order valence-electron chi connectivity index (χ0n) is 14.1. The Kier molecular flexibility index (Phi) is 3.78. The molecule has 3 rings (SSSR count). The maximum Gasteiger partial charge on any atom is 0.229 e. The Morgan fingerprint density at radius 1 is 1.17 bits per heavy atom. The van der Waals surface area contributed by atoms with Crippen molar-refractivity contribution >= 4 is 11.7 Å². The van der Waals surface area contributed by atoms with E-state index in [0.29, 0.717) is 11.6 Å². The summed E-state index contributed by atoms with van der Waals surface area (Å²) in [6.07, 6.45) is 4.04. The molecule has 1 saturated carbocycles. The van der Waals surface area contributed by atoms with Gasteiger partial charge in [0.05, 0.1) is 12.4 Å². The van der Waals surface area contributed by atoms with Gasteiger partial charge in [0, 0.05) is 24.2 Å². The zero-order chi connectivity index (χ0) is 17.5. The van der Waals surface area contributed by atoms with Crippen LogP contribution in [0.4, 0.5) is 10.2 Å². The molecule has 1 N–H and O–H groups in total. The summed E-state index contributed by atoms with van der Waals surface area (Å²) in [6.45, 7) is 8.34. The SMILES string of the molecule is CC1(C)C(C(=O)Nc2cc(Oc3cncc(F)c3)ccn2)C1(C)C. The van der Waals surface area contributed by atoms with Gasteiger partial charge in [-0.2, -0.15) is 0 Å². The second kappa shape index (κ2) is 5.54. The van der Waals surface area contributed by atoms with Crippen molar-refractivity contribution in [2.45, 2.75) is 27.7 Å². The van der Waals surface area contributed by atoms with Crippen molar-refractivity contribution in [1.29, 1.82) is 0 Å². The number of rotatable bonds is 4. The third-order valence-corrected chi connectivity index (χ3v) is 5.18. The van der Waals surface area contributed by atoms with Gasteiger partial charge in [0.15, 0.2) is 0 Å². The van der Waals surface area contributed by atoms with Gasteiger partial charge in [0.25, 0.3) is 0 Å². The van der Waals surface area contributed by atoms with E-state index < -0.39 is 5.82 Å². The Bertz CT molecular complexity index is 775. The second-order valence-electron chi connectivity index (χ2n) is 7.18. The van der Waals surface area contributed by atoms with Gasteiger partial charge in [-0.1, -0.05) is 27.7 Å². The molecule has 1 amide bonds. The lowest BCUT2D eigenvalue weighted by atomic mass is 10.0. The molecule has 1 fully saturated rings. The van der Waals surface area contributed by atoms with Gasteiger partial charge >= 0.3 is 0 Å². The molecular weight excluding hydrogens is 309 g/mol. The van der Waals surface area contributed by atoms with Gasteiger partial charge in [-0.3, -0.25) is 9.78 Å². The van der Waals surface area contributed by atoms with Crippen LogP contribution in [-0.2, 0) is 4.79 Å². The largest absolute Gasteiger partial charge is 0.455 e. The number of hydrogen-bond donors (Lipinski definition) is 1. The predicted molar refractivity (Wildman–Crippen MR) is 88.2 cm³/mol. The third kappa shape index (κ3) is 2.84. The van der Waals surface area contributed by atoms with E-state index in [0.717, 1.165) is 6.20 Å². The molecule has 126 valence electrons. The van der Waals surface area contributed by atoms with E-state index >= 15 is 0 Å². The van der Waals surface area contributed by atoms with Gasteiger partial charge in [0.1, 0.15) is 23.1 Å². The number of halogens is 1. The van der Waals surface area contributed by atoms with E-state index in [-0.39, 0.29) is 28.4 Å². The normalized spacial score (nSPS) is 18.0. The number of aromatic nitrogens is 2. The van der Waals surface area contributed by atoms with Gasteiger partial charge in [0.2, 0.25) is 5.91 Å². The Morgan fingerprint density at radius 2 is 1.88 bits per heavy atom. The minimum Gasteiger partial charge on any atom is -0.455 e. The summed E-state index contributed by atoms with van der Waals surface area (Å²) in [5, 5.41) is 2.83. The van der Waals surface area contributed by atoms with E-state index in [1.165, 1.54) is 18.5 Å². The van der Waals surface area contributed by atoms with Gasteiger partial charge in [-0.05, 0) is 16.9 Å². The van der Waals surface area contributed by atoms with Crippen molar-refractivity contribution in [2.24, 2.45) is 16.7 Å². The molecule has 0 bridgehead atoms. The number of nitrogens with one attached hydrogen (secondary N) is 1. The average molecular weight is 329 g/mol. The molecule has 5 nitrogen and oxygen atoms in total. The molecule has 0 aromatic carbocycles. The molecule has 6 heteroatoms. The van der Waals surface area contributed by atoms with Gasteiger partial charge < -0.3 is 10.1 Å². The van der Waals surface area contributed by atoms with Crippen molar-refractivity contribution in [2.75, 3.05) is 5.32 Å². The molecule has 1 aliphatic carbocycles. The fraction of sp³-hybridized carbons (Fsp3) is 0.389. The number of hydrogen-bond acceptors (Lipinski definition) is 4. The first-order chi connectivity index (χ1) is 11.2. The maximum atomic E-state index is 13.2. The number of amides is 1. The number of nitrogens with zero attached hydrogens (tertiary/aromatic N) is 2. The molecule has 0 atom stereocenters. The molecule has 2 aromatic heterocycles. The lowest BCUT2D eigenvalue weighted by Gasteiger charge is -2.09. The fourth-order valence-corrected chi connectivity index (χ4v) is 3.18. The molecule has 0 unspecified atom stereocenters. The first-order valence-electron chi connectivity index (χ1n) is 7.77. The highest BCUT2D eigenvalue weighted by Gasteiger charge is 2.68. The van der Waals surface area contributed by atoms with Gasteiger partial charge in [-0.15, -0.1) is 0 Å². The van der Waals surface area contributed by atoms with Crippen LogP contribution in [0.3, 0.4) is 0 Å². The number of anilines is 1. The van der Waals surface area contributed by atoms with Crippen molar-refractivity contribution in [3.63, 3.8) is 0 Å². The quantitative estimate of drug-likeness (QED) is 0.920. The topological polar surface area (TPSA) is 64.1 Å². The monoisotopic (exact) mass is 329 g/mol. The number of ether oxygens (including phenoxy) is 1. The Hall–Kier alpha value is -2.50. The van der Waals surface area contributed by atoms with Gasteiger partial charge in [-0.25, -0.2) is 9.37 Å². The van der Waals surface area contributed by atoms with E-state index in [1.807, 2.05) is 0 Å². The van der Waals surface area contributed by atoms with Crippen molar-refractivity contribution in [3.8, 4) is 11.5 Å². The Balaban J connectivity index is 1.71. The third-order valence-electron chi connectivity index (χ3n) is 5.18. The minimum atomic E-state index is -0.478. The molecule has 2 heterocycles. The summed E-state index contributed by atoms with van der Waals surface area (Å²) in [5.74, 6) is 0.532. The average Bonchev–Trinajstić information content (AvgIpc) is 2.89. The van der Waals surface area contributed by atoms with Crippen LogP contribution in [-0.4, -0.2) is 15.9 Å². The summed E-state index contributed by atoms with van der Waals surface area (Å²) in [5.41, 5.74) is -0.0865. The zero-order valence-corrected chi connectivity index (χ0v) is 14.1. The van der Waals surface area contributed by atoms with Crippen LogP contribution in [0.1, 0.15) is 27.7 Å². The van der Waals surface area contributed by atoms with Crippen molar-refractivity contribution < 1.29 is 13.9 Å². The lowest BCUT2D eigenvalue weighted by Crippen LogP contribution is -2.18. The summed E-state index contributed by atoms with van der Waals surface area (Å²) in [6, 6.07) is 4.47. The summed E-state index contributed by atoms with van der Waals surface area (Å²) in [4.78, 5) is 20.3. The highest BCUT2D eigenvalue weighted by molar-refractivity contribution is 5.95. The van der Waals surface area contributed by atoms with Crippen molar-refractivity contribution in [1.82, 2.24) is 9.97 Å². The first kappa shape index (κ1) is 16.4. The van der Waals surface area contributed by atoms with E-state index in [4.69, 9.17) is 4.74 Å². The van der Waals surface area contributed by atoms with Crippen LogP contribution >= 0.6 is 0 Å². The summed E-state index contributed by atoms with van der Waals surface area (Å²) < 4.78 is 18.7. The van der Waals surface area contributed by atoms with Crippen LogP contribution in [0.25, 0.3) is 0 Å². The van der Waals surface area contributed by atoms with Crippen LogP contribution in [0.2, 0.25) is 0 Å². The standard InChI is InChI=1S/C18H20FN3O2/c1-17(2)15(18(17,3)4)16(23)22-14-8-12(5-6-21-14)24-13-7-11(19)9-20-10-13/h5-10,15H,1-4H3,(H,21,22,23). The van der Waals surface area contributed by atoms with Crippen LogP contribution in [0.15, 0.2) is 36.8 Å². The minimum absolute atomic E-state index is 0.0432. The smallest absolute Gasteiger partial charge is 0.229 e. The summed E-state index contributed by atoms with van der Waals surface area (Å²) >= 11 is 0. The lowest BCUT2D eigenvalue weighted by molar-refractivity contribution is -0.118. The predicted octanol–water partition coefficient (Wildman–Crippen LogP) is 4.03. The van der Waals surface area contributed by atoms with Crippen LogP contribution < -0.4 is 10.1 Å². The molecular formula is C18H20FN3O2. The fourth-order valence-electron chi connectivity index (χ4n) is 3.18. The van der Waals surface area contributed by atoms with Crippen LogP contribution in [0.5, 0.6) is 11.5 Å². The second-order valence-corrected chi connectivity index (χ2v) is 7.18. The number of pyridine rings is 2. The highest BCUT2D eigenvalue weighted by atomic mass is 19.1. The van der Waals surface area contributed by atoms with Crippen molar-refractivity contribution in [3.05, 3.63) is 42.6 Å². The molecule has 24 heavy (non-hydrogen) atoms. The molecule has 0 radical (unpaired) electrons. The van der Waals surface area contributed by atoms with E-state index in [2.05, 4.69) is 43.0 Å². The Morgan fingerprint density at radius 3 is 2.50 bits per heavy atom. The molecule has 2 aromatic rings. The summed E-state index contributed by atoms with van der Waals surface area (Å²) in [7, 11) is 0. The number of carbonyl (C=O) groups is 1. The molecule has 0 aliphatic heterocycles. The van der Waals surface area contributed by atoms with E-state index in [9.17, 15) is 9.18 Å². The maximum absolute atomic E-state index is 13.2. The molecule has 0 saturated heterocycles. The first-order valence-corrected chi connectivity index (χ1v) is 7.77. The molecule has 1 aliphatic rings. The van der Waals surface area contributed by atoms with Crippen LogP contribution in [0, 0.1) is 22.6 Å².